The lowest BCUT2D eigenvalue weighted by Gasteiger charge is -2.37. The average Bonchev–Trinajstić information content (AvgIpc) is 2.57. The summed E-state index contributed by atoms with van der Waals surface area (Å²) in [5.41, 5.74) is 0.373. The van der Waals surface area contributed by atoms with Crippen molar-refractivity contribution in [1.29, 1.82) is 5.26 Å². The highest BCUT2D eigenvalue weighted by Gasteiger charge is 2.38. The summed E-state index contributed by atoms with van der Waals surface area (Å²) in [6.07, 6.45) is -3.91. The smallest absolute Gasteiger partial charge is 0.472 e. The van der Waals surface area contributed by atoms with Gasteiger partial charge in [0.05, 0.1) is 23.5 Å². The quantitative estimate of drug-likeness (QED) is 0.766. The van der Waals surface area contributed by atoms with Crippen molar-refractivity contribution < 1.29 is 31.1 Å². The molecule has 1 aliphatic heterocycles. The van der Waals surface area contributed by atoms with Gasteiger partial charge in [-0.05, 0) is 30.3 Å². The summed E-state index contributed by atoms with van der Waals surface area (Å²) in [5.74, 6) is -0.233. The molecule has 142 valence electrons. The minimum absolute atomic E-state index is 0.0742. The van der Waals surface area contributed by atoms with Crippen LogP contribution in [0.15, 0.2) is 47.5 Å². The van der Waals surface area contributed by atoms with Crippen molar-refractivity contribution in [3.05, 3.63) is 48.2 Å². The molecule has 11 heteroatoms. The van der Waals surface area contributed by atoms with Gasteiger partial charge in [0, 0.05) is 12.3 Å². The number of nitrogens with zero attached hydrogens (tertiary/aromatic N) is 3. The number of pyridine rings is 1. The molecule has 2 heterocycles. The van der Waals surface area contributed by atoms with E-state index in [-0.39, 0.29) is 23.9 Å². The van der Waals surface area contributed by atoms with E-state index in [2.05, 4.69) is 9.72 Å². The Morgan fingerprint density at radius 1 is 1.15 bits per heavy atom. The van der Waals surface area contributed by atoms with E-state index in [1.165, 1.54) is 18.3 Å². The molecule has 0 amide bonds. The molecule has 0 radical (unpaired) electrons. The van der Waals surface area contributed by atoms with Gasteiger partial charge in [0.2, 0.25) is 15.9 Å². The first kappa shape index (κ1) is 18.9. The minimum atomic E-state index is -4.85. The fourth-order valence-corrected chi connectivity index (χ4v) is 3.82. The summed E-state index contributed by atoms with van der Waals surface area (Å²) < 4.78 is 71.7. The molecule has 0 saturated carbocycles. The van der Waals surface area contributed by atoms with E-state index in [1.54, 1.807) is 0 Å². The second kappa shape index (κ2) is 7.05. The predicted molar refractivity (Wildman–Crippen MR) is 85.3 cm³/mol. The Morgan fingerprint density at radius 2 is 1.81 bits per heavy atom. The second-order valence-corrected chi connectivity index (χ2v) is 7.52. The molecule has 0 bridgehead atoms. The Morgan fingerprint density at radius 3 is 2.33 bits per heavy atom. The van der Waals surface area contributed by atoms with Crippen LogP contribution in [0.3, 0.4) is 0 Å². The molecule has 0 aliphatic carbocycles. The van der Waals surface area contributed by atoms with Crippen LogP contribution in [0.2, 0.25) is 0 Å². The standard InChI is InChI=1S/C16H12F3N3O4S/c17-16(18,19)26-12-2-4-14(5-3-12)27(23,24)22-9-13(10-22)25-15-6-1-11(7-20)8-21-15/h1-6,8,13H,9-10H2. The molecule has 3 rings (SSSR count). The average molecular weight is 399 g/mol. The summed E-state index contributed by atoms with van der Waals surface area (Å²) in [6.45, 7) is 0.148. The van der Waals surface area contributed by atoms with Crippen molar-refractivity contribution >= 4 is 10.0 Å². The number of nitriles is 1. The number of aromatic nitrogens is 1. The number of hydrogen-bond donors (Lipinski definition) is 0. The zero-order chi connectivity index (χ0) is 19.7. The molecule has 0 atom stereocenters. The van der Waals surface area contributed by atoms with Gasteiger partial charge in [0.25, 0.3) is 0 Å². The summed E-state index contributed by atoms with van der Waals surface area (Å²) in [5, 5.41) is 8.71. The molecule has 1 fully saturated rings. The molecule has 27 heavy (non-hydrogen) atoms. The number of ether oxygens (including phenoxy) is 2. The predicted octanol–water partition coefficient (Wildman–Crippen LogP) is 2.30. The molecule has 1 aromatic heterocycles. The number of benzene rings is 1. The van der Waals surface area contributed by atoms with E-state index in [1.807, 2.05) is 6.07 Å². The maximum atomic E-state index is 12.4. The largest absolute Gasteiger partial charge is 0.573 e. The first-order chi connectivity index (χ1) is 12.7. The first-order valence-electron chi connectivity index (χ1n) is 7.56. The second-order valence-electron chi connectivity index (χ2n) is 5.58. The van der Waals surface area contributed by atoms with Crippen molar-refractivity contribution in [2.75, 3.05) is 13.1 Å². The number of hydrogen-bond acceptors (Lipinski definition) is 6. The van der Waals surface area contributed by atoms with Gasteiger partial charge >= 0.3 is 6.36 Å². The zero-order valence-corrected chi connectivity index (χ0v) is 14.4. The number of sulfonamides is 1. The maximum Gasteiger partial charge on any atom is 0.573 e. The van der Waals surface area contributed by atoms with Crippen LogP contribution in [-0.4, -0.2) is 43.3 Å². The monoisotopic (exact) mass is 399 g/mol. The molecule has 2 aromatic rings. The molecule has 1 saturated heterocycles. The molecule has 7 nitrogen and oxygen atoms in total. The summed E-state index contributed by atoms with van der Waals surface area (Å²) in [7, 11) is -3.85. The highest BCUT2D eigenvalue weighted by atomic mass is 32.2. The van der Waals surface area contributed by atoms with Gasteiger partial charge in [-0.3, -0.25) is 0 Å². The van der Waals surface area contributed by atoms with Crippen molar-refractivity contribution in [3.8, 4) is 17.7 Å². The van der Waals surface area contributed by atoms with Gasteiger partial charge in [-0.15, -0.1) is 13.2 Å². The van der Waals surface area contributed by atoms with Crippen LogP contribution in [0.5, 0.6) is 11.6 Å². The lowest BCUT2D eigenvalue weighted by molar-refractivity contribution is -0.274. The Bertz CT molecular complexity index is 948. The van der Waals surface area contributed by atoms with Gasteiger partial charge in [-0.25, -0.2) is 13.4 Å². The highest BCUT2D eigenvalue weighted by molar-refractivity contribution is 7.89. The molecule has 0 spiro atoms. The van der Waals surface area contributed by atoms with Crippen LogP contribution >= 0.6 is 0 Å². The molecule has 0 unspecified atom stereocenters. The normalized spacial score (nSPS) is 15.6. The summed E-state index contributed by atoms with van der Waals surface area (Å²) >= 11 is 0. The van der Waals surface area contributed by atoms with Crippen molar-refractivity contribution in [2.24, 2.45) is 0 Å². The van der Waals surface area contributed by atoms with E-state index in [0.717, 1.165) is 28.6 Å². The zero-order valence-electron chi connectivity index (χ0n) is 13.5. The Kier molecular flexibility index (Phi) is 4.95. The van der Waals surface area contributed by atoms with Crippen LogP contribution in [0, 0.1) is 11.3 Å². The fraction of sp³-hybridized carbons (Fsp3) is 0.250. The van der Waals surface area contributed by atoms with Crippen molar-refractivity contribution in [2.45, 2.75) is 17.4 Å². The maximum absolute atomic E-state index is 12.4. The van der Waals surface area contributed by atoms with Gasteiger partial charge in [-0.1, -0.05) is 0 Å². The third-order valence-electron chi connectivity index (χ3n) is 3.66. The first-order valence-corrected chi connectivity index (χ1v) is 9.00. The van der Waals surface area contributed by atoms with E-state index < -0.39 is 28.2 Å². The molecular formula is C16H12F3N3O4S. The lowest BCUT2D eigenvalue weighted by atomic mass is 10.2. The Hall–Kier alpha value is -2.84. The third-order valence-corrected chi connectivity index (χ3v) is 5.51. The van der Waals surface area contributed by atoms with E-state index in [0.29, 0.717) is 5.56 Å². The SMILES string of the molecule is N#Cc1ccc(OC2CN(S(=O)(=O)c3ccc(OC(F)(F)F)cc3)C2)nc1. The van der Waals surface area contributed by atoms with Crippen LogP contribution in [0.4, 0.5) is 13.2 Å². The van der Waals surface area contributed by atoms with Gasteiger partial charge in [0.15, 0.2) is 0 Å². The van der Waals surface area contributed by atoms with Crippen molar-refractivity contribution in [1.82, 2.24) is 9.29 Å². The molecular weight excluding hydrogens is 387 g/mol. The third kappa shape index (κ3) is 4.47. The molecule has 0 N–H and O–H groups in total. The highest BCUT2D eigenvalue weighted by Crippen LogP contribution is 2.27. The van der Waals surface area contributed by atoms with E-state index in [9.17, 15) is 21.6 Å². The van der Waals surface area contributed by atoms with Crippen molar-refractivity contribution in [3.63, 3.8) is 0 Å². The minimum Gasteiger partial charge on any atom is -0.472 e. The molecule has 1 aromatic carbocycles. The van der Waals surface area contributed by atoms with Crippen LogP contribution in [0.1, 0.15) is 5.56 Å². The number of alkyl halides is 3. The molecule has 1 aliphatic rings. The lowest BCUT2D eigenvalue weighted by Crippen LogP contribution is -2.56. The number of halogens is 3. The fourth-order valence-electron chi connectivity index (χ4n) is 2.32. The summed E-state index contributed by atoms with van der Waals surface area (Å²) in [6, 6.07) is 8.93. The van der Waals surface area contributed by atoms with Crippen LogP contribution in [-0.2, 0) is 10.0 Å². The van der Waals surface area contributed by atoms with Crippen LogP contribution < -0.4 is 9.47 Å². The van der Waals surface area contributed by atoms with E-state index in [4.69, 9.17) is 10.00 Å². The Balaban J connectivity index is 1.59. The number of rotatable bonds is 5. The van der Waals surface area contributed by atoms with E-state index >= 15 is 0 Å². The summed E-state index contributed by atoms with van der Waals surface area (Å²) in [4.78, 5) is 3.79. The van der Waals surface area contributed by atoms with Gasteiger partial charge in [0.1, 0.15) is 17.9 Å². The van der Waals surface area contributed by atoms with Gasteiger partial charge in [-0.2, -0.15) is 9.57 Å². The topological polar surface area (TPSA) is 92.5 Å². The Labute approximate surface area is 152 Å². The van der Waals surface area contributed by atoms with Gasteiger partial charge < -0.3 is 9.47 Å². The van der Waals surface area contributed by atoms with Crippen LogP contribution in [0.25, 0.3) is 0 Å².